The van der Waals surface area contributed by atoms with Crippen LogP contribution in [-0.2, 0) is 14.8 Å². The van der Waals surface area contributed by atoms with Gasteiger partial charge in [-0.25, -0.2) is 18.4 Å². The normalized spacial score (nSPS) is 19.0. The molecule has 0 spiro atoms. The molecule has 1 N–H and O–H groups in total. The molecule has 6 rings (SSSR count). The van der Waals surface area contributed by atoms with E-state index in [4.69, 9.17) is 4.98 Å². The molecule has 1 atom stereocenters. The summed E-state index contributed by atoms with van der Waals surface area (Å²) in [6.45, 7) is 5.69. The van der Waals surface area contributed by atoms with Crippen molar-refractivity contribution < 1.29 is 13.2 Å². The minimum absolute atomic E-state index is 0.128. The van der Waals surface area contributed by atoms with Crippen molar-refractivity contribution in [2.24, 2.45) is 5.92 Å². The maximum atomic E-state index is 13.8. The first-order valence-electron chi connectivity index (χ1n) is 14.9. The van der Waals surface area contributed by atoms with Crippen molar-refractivity contribution >= 4 is 42.7 Å². The van der Waals surface area contributed by atoms with E-state index in [0.717, 1.165) is 46.4 Å². The van der Waals surface area contributed by atoms with Crippen LogP contribution in [0.3, 0.4) is 0 Å². The van der Waals surface area contributed by atoms with Crippen LogP contribution in [0.5, 0.6) is 0 Å². The van der Waals surface area contributed by atoms with Gasteiger partial charge in [-0.15, -0.1) is 0 Å². The number of aromatic nitrogens is 3. The van der Waals surface area contributed by atoms with Crippen molar-refractivity contribution in [1.29, 1.82) is 0 Å². The first-order valence-corrected chi connectivity index (χ1v) is 17.2. The highest BCUT2D eigenvalue weighted by Gasteiger charge is 2.37. The lowest BCUT2D eigenvalue weighted by molar-refractivity contribution is -0.118. The molecule has 1 saturated carbocycles. The Labute approximate surface area is 257 Å². The molecule has 9 nitrogen and oxygen atoms in total. The number of piperazine rings is 1. The highest BCUT2D eigenvalue weighted by Crippen LogP contribution is 2.36. The zero-order valence-corrected chi connectivity index (χ0v) is 26.5. The lowest BCUT2D eigenvalue weighted by Crippen LogP contribution is -2.58. The van der Waals surface area contributed by atoms with Crippen molar-refractivity contribution in [1.82, 2.24) is 24.2 Å². The molecular weight excluding hydrogens is 581 g/mol. The van der Waals surface area contributed by atoms with Crippen molar-refractivity contribution in [3.05, 3.63) is 66.5 Å². The number of anilines is 1. The Morgan fingerprint density at radius 3 is 2.44 bits per heavy atom. The van der Waals surface area contributed by atoms with Gasteiger partial charge in [0.05, 0.1) is 16.5 Å². The summed E-state index contributed by atoms with van der Waals surface area (Å²) in [5.74, 6) is -0.0711. The number of amides is 1. The molecular formula is C32H38N6O3S2. The number of carbonyl (C=O) groups excluding carboxylic acids is 1. The fourth-order valence-electron chi connectivity index (χ4n) is 6.14. The molecule has 1 saturated heterocycles. The van der Waals surface area contributed by atoms with E-state index in [9.17, 15) is 13.2 Å². The molecule has 2 aliphatic rings. The van der Waals surface area contributed by atoms with Crippen LogP contribution in [0.4, 0.5) is 5.13 Å². The Morgan fingerprint density at radius 1 is 1.02 bits per heavy atom. The van der Waals surface area contributed by atoms with Gasteiger partial charge in [0.15, 0.2) is 5.13 Å². The Bertz CT molecular complexity index is 1700. The van der Waals surface area contributed by atoms with Crippen molar-refractivity contribution in [2.75, 3.05) is 32.0 Å². The monoisotopic (exact) mass is 618 g/mol. The van der Waals surface area contributed by atoms with Crippen LogP contribution in [-0.4, -0.2) is 70.7 Å². The lowest BCUT2D eigenvalue weighted by Gasteiger charge is -2.44. The Morgan fingerprint density at radius 2 is 1.74 bits per heavy atom. The fraction of sp³-hybridized carbons (Fsp3) is 0.438. The third kappa shape index (κ3) is 6.35. The molecule has 11 heteroatoms. The minimum Gasteiger partial charge on any atom is -0.301 e. The third-order valence-electron chi connectivity index (χ3n) is 9.02. The number of nitrogens with one attached hydrogen (secondary N) is 1. The van der Waals surface area contributed by atoms with E-state index < -0.39 is 15.9 Å². The molecule has 4 aromatic rings. The van der Waals surface area contributed by atoms with Gasteiger partial charge in [-0.05, 0) is 75.2 Å². The van der Waals surface area contributed by atoms with Gasteiger partial charge < -0.3 is 5.32 Å². The van der Waals surface area contributed by atoms with Crippen LogP contribution >= 0.6 is 11.3 Å². The van der Waals surface area contributed by atoms with Gasteiger partial charge in [0.2, 0.25) is 15.9 Å². The SMILES string of the molecule is CN1CCN(S(=O)(=O)c2ccc(C(CC3CCCC3)C(=O)Nc3nc4ccc(-c5ccncc5)nc4s3)cc2)CC1(C)C. The molecule has 43 heavy (non-hydrogen) atoms. The quantitative estimate of drug-likeness (QED) is 0.267. The van der Waals surface area contributed by atoms with E-state index in [0.29, 0.717) is 30.7 Å². The number of fused-ring (bicyclic) bond motifs is 1. The first-order chi connectivity index (χ1) is 20.6. The van der Waals surface area contributed by atoms with Gasteiger partial charge in [-0.2, -0.15) is 4.31 Å². The van der Waals surface area contributed by atoms with Crippen LogP contribution < -0.4 is 5.32 Å². The number of thiazole rings is 1. The van der Waals surface area contributed by atoms with Crippen LogP contribution in [0.1, 0.15) is 57.4 Å². The molecule has 1 amide bonds. The summed E-state index contributed by atoms with van der Waals surface area (Å²) in [5, 5.41) is 3.57. The second-order valence-corrected chi connectivity index (χ2v) is 15.3. The van der Waals surface area contributed by atoms with E-state index in [1.807, 2.05) is 43.4 Å². The van der Waals surface area contributed by atoms with Gasteiger partial charge in [-0.3, -0.25) is 14.7 Å². The second kappa shape index (κ2) is 12.0. The van der Waals surface area contributed by atoms with Crippen LogP contribution in [0.2, 0.25) is 0 Å². The van der Waals surface area contributed by atoms with Crippen LogP contribution in [0, 0.1) is 5.92 Å². The Kier molecular flexibility index (Phi) is 8.34. The minimum atomic E-state index is -3.64. The summed E-state index contributed by atoms with van der Waals surface area (Å²) < 4.78 is 28.6. The molecule has 226 valence electrons. The number of hydrogen-bond acceptors (Lipinski definition) is 8. The predicted octanol–water partition coefficient (Wildman–Crippen LogP) is 5.77. The fourth-order valence-corrected chi connectivity index (χ4v) is 8.57. The zero-order chi connectivity index (χ0) is 30.2. The summed E-state index contributed by atoms with van der Waals surface area (Å²) in [7, 11) is -1.61. The van der Waals surface area contributed by atoms with Gasteiger partial charge >= 0.3 is 0 Å². The standard InChI is InChI=1S/C32H38N6O3S2/c1-32(2)21-38(19-18-37(32)3)43(40,41)25-10-8-23(9-11-25)26(20-22-6-4-5-7-22)29(39)36-31-35-28-13-12-27(34-30(28)42-31)24-14-16-33-17-15-24/h8-17,22,26H,4-7,18-21H2,1-3H3,(H,35,36,39). The molecule has 3 aromatic heterocycles. The van der Waals surface area contributed by atoms with E-state index in [1.54, 1.807) is 28.8 Å². The average molecular weight is 619 g/mol. The third-order valence-corrected chi connectivity index (χ3v) is 11.8. The topological polar surface area (TPSA) is 108 Å². The molecule has 0 radical (unpaired) electrons. The highest BCUT2D eigenvalue weighted by atomic mass is 32.2. The largest absolute Gasteiger partial charge is 0.301 e. The number of pyridine rings is 2. The summed E-state index contributed by atoms with van der Waals surface area (Å²) >= 11 is 1.35. The molecule has 1 aliphatic carbocycles. The number of rotatable bonds is 8. The van der Waals surface area contributed by atoms with Gasteiger partial charge in [0.1, 0.15) is 10.3 Å². The summed E-state index contributed by atoms with van der Waals surface area (Å²) in [5.41, 5.74) is 3.10. The molecule has 0 bridgehead atoms. The molecule has 1 unspecified atom stereocenters. The molecule has 1 aliphatic heterocycles. The molecule has 2 fully saturated rings. The summed E-state index contributed by atoms with van der Waals surface area (Å²) in [4.78, 5) is 30.5. The van der Waals surface area contributed by atoms with E-state index >= 15 is 0 Å². The number of nitrogens with zero attached hydrogens (tertiary/aromatic N) is 5. The smallest absolute Gasteiger partial charge is 0.243 e. The van der Waals surface area contributed by atoms with Gasteiger partial charge in [-0.1, -0.05) is 49.2 Å². The average Bonchev–Trinajstić information content (AvgIpc) is 3.66. The number of benzene rings is 1. The summed E-state index contributed by atoms with van der Waals surface area (Å²) in [6, 6.07) is 14.6. The number of carbonyl (C=O) groups is 1. The van der Waals surface area contributed by atoms with Crippen molar-refractivity contribution in [3.8, 4) is 11.3 Å². The van der Waals surface area contributed by atoms with Gasteiger partial charge in [0, 0.05) is 43.1 Å². The number of likely N-dealkylation sites (N-methyl/N-ethyl adjacent to an activating group) is 1. The molecule has 1 aromatic carbocycles. The Balaban J connectivity index is 1.22. The van der Waals surface area contributed by atoms with Crippen molar-refractivity contribution in [2.45, 2.75) is 62.3 Å². The molecule has 4 heterocycles. The van der Waals surface area contributed by atoms with E-state index in [-0.39, 0.29) is 16.3 Å². The van der Waals surface area contributed by atoms with E-state index in [2.05, 4.69) is 34.0 Å². The highest BCUT2D eigenvalue weighted by molar-refractivity contribution is 7.89. The van der Waals surface area contributed by atoms with Crippen LogP contribution in [0.15, 0.2) is 65.8 Å². The van der Waals surface area contributed by atoms with Gasteiger partial charge in [0.25, 0.3) is 0 Å². The lowest BCUT2D eigenvalue weighted by atomic mass is 9.87. The van der Waals surface area contributed by atoms with Crippen molar-refractivity contribution in [3.63, 3.8) is 0 Å². The van der Waals surface area contributed by atoms with E-state index in [1.165, 1.54) is 24.2 Å². The Hall–Kier alpha value is -3.25. The predicted molar refractivity (Wildman–Crippen MR) is 171 cm³/mol. The maximum Gasteiger partial charge on any atom is 0.243 e. The van der Waals surface area contributed by atoms with Crippen LogP contribution in [0.25, 0.3) is 21.6 Å². The first kappa shape index (κ1) is 29.8. The summed E-state index contributed by atoms with van der Waals surface area (Å²) in [6.07, 6.45) is 8.77. The number of sulfonamides is 1. The maximum absolute atomic E-state index is 13.8. The zero-order valence-electron chi connectivity index (χ0n) is 24.9. The second-order valence-electron chi connectivity index (χ2n) is 12.3. The number of hydrogen-bond donors (Lipinski definition) is 1.